The highest BCUT2D eigenvalue weighted by Crippen LogP contribution is 2.40. The lowest BCUT2D eigenvalue weighted by Crippen LogP contribution is -2.70. The molecule has 2 fully saturated rings. The second-order valence-corrected chi connectivity index (χ2v) is 8.35. The van der Waals surface area contributed by atoms with E-state index in [9.17, 15) is 19.5 Å². The number of hydrogen-bond donors (Lipinski definition) is 3. The van der Waals surface area contributed by atoms with Crippen molar-refractivity contribution in [2.24, 2.45) is 0 Å². The minimum atomic E-state index is -1.03. The third-order valence-corrected chi connectivity index (χ3v) is 6.59. The van der Waals surface area contributed by atoms with Crippen molar-refractivity contribution in [2.75, 3.05) is 11.5 Å². The second-order valence-electron chi connectivity index (χ2n) is 6.31. The first-order chi connectivity index (χ1) is 13.5. The van der Waals surface area contributed by atoms with E-state index in [1.54, 1.807) is 11.5 Å². The summed E-state index contributed by atoms with van der Waals surface area (Å²) < 4.78 is 0. The molecule has 4 N–H and O–H groups in total. The molecule has 0 radical (unpaired) electrons. The fourth-order valence-corrected chi connectivity index (χ4v) is 5.22. The summed E-state index contributed by atoms with van der Waals surface area (Å²) in [5, 5.41) is 13.6. The topological polar surface area (TPSA) is 126 Å². The lowest BCUT2D eigenvalue weighted by molar-refractivity contribution is -0.158. The van der Waals surface area contributed by atoms with Crippen LogP contribution in [0.3, 0.4) is 0 Å². The van der Waals surface area contributed by atoms with Gasteiger partial charge in [0.25, 0.3) is 5.91 Å². The molecule has 10 heteroatoms. The Kier molecular flexibility index (Phi) is 4.82. The largest absolute Gasteiger partial charge is 0.480 e. The maximum absolute atomic E-state index is 13.0. The van der Waals surface area contributed by atoms with Gasteiger partial charge >= 0.3 is 5.97 Å². The zero-order valence-corrected chi connectivity index (χ0v) is 16.1. The molecule has 0 spiro atoms. The number of nitrogen functional groups attached to an aromatic ring is 1. The molecule has 2 aliphatic rings. The Bertz CT molecular complexity index is 975. The number of hydrogen-bond acceptors (Lipinski definition) is 7. The summed E-state index contributed by atoms with van der Waals surface area (Å²) in [5.41, 5.74) is 7.24. The zero-order chi connectivity index (χ0) is 19.8. The number of thiazole rings is 1. The highest BCUT2D eigenvalue weighted by Gasteiger charge is 2.57. The quantitative estimate of drug-likeness (QED) is 0.492. The standard InChI is InChI=1S/C18H16N4O4S2/c19-18-20-11(7-28-18)10(6-9-4-2-1-3-5-9)14(23)21-13-15(24)22-12(17(25)26)8-27-16(13)22/h1-7,12-13,16H,8H2,(H2,19,20)(H,21,23)(H,25,26)/b10-6-/t12?,13?,16-/m1/s1. The number of rotatable bonds is 5. The number of nitrogens with two attached hydrogens (primary N) is 1. The smallest absolute Gasteiger partial charge is 0.327 e. The highest BCUT2D eigenvalue weighted by molar-refractivity contribution is 8.00. The van der Waals surface area contributed by atoms with Crippen LogP contribution in [0.5, 0.6) is 0 Å². The number of carbonyl (C=O) groups excluding carboxylic acids is 2. The molecule has 2 amide bonds. The van der Waals surface area contributed by atoms with Crippen LogP contribution in [0.4, 0.5) is 5.13 Å². The summed E-state index contributed by atoms with van der Waals surface area (Å²) >= 11 is 2.57. The summed E-state index contributed by atoms with van der Waals surface area (Å²) in [6, 6.07) is 7.68. The molecule has 1 aromatic heterocycles. The highest BCUT2D eigenvalue weighted by atomic mass is 32.2. The Balaban J connectivity index is 1.57. The van der Waals surface area contributed by atoms with E-state index in [1.807, 2.05) is 30.3 Å². The predicted molar refractivity (Wildman–Crippen MR) is 107 cm³/mol. The first-order valence-corrected chi connectivity index (χ1v) is 10.3. The number of carboxylic acid groups (broad SMARTS) is 1. The monoisotopic (exact) mass is 416 g/mol. The van der Waals surface area contributed by atoms with Gasteiger partial charge in [0.05, 0.1) is 11.3 Å². The van der Waals surface area contributed by atoms with Crippen molar-refractivity contribution >= 4 is 57.7 Å². The second kappa shape index (κ2) is 7.28. The van der Waals surface area contributed by atoms with Crippen molar-refractivity contribution in [3.05, 3.63) is 47.0 Å². The van der Waals surface area contributed by atoms with Crippen molar-refractivity contribution < 1.29 is 19.5 Å². The van der Waals surface area contributed by atoms with E-state index in [4.69, 9.17) is 5.73 Å². The molecule has 28 heavy (non-hydrogen) atoms. The summed E-state index contributed by atoms with van der Waals surface area (Å²) in [6.07, 6.45) is 1.69. The summed E-state index contributed by atoms with van der Waals surface area (Å²) in [4.78, 5) is 42.1. The van der Waals surface area contributed by atoms with Crippen molar-refractivity contribution in [3.63, 3.8) is 0 Å². The molecule has 1 aromatic carbocycles. The fourth-order valence-electron chi connectivity index (χ4n) is 3.19. The number of aliphatic carboxylic acids is 1. The van der Waals surface area contributed by atoms with E-state index in [0.29, 0.717) is 22.2 Å². The predicted octanol–water partition coefficient (Wildman–Crippen LogP) is 1.12. The van der Waals surface area contributed by atoms with Gasteiger partial charge in [-0.3, -0.25) is 9.59 Å². The van der Waals surface area contributed by atoms with E-state index >= 15 is 0 Å². The van der Waals surface area contributed by atoms with Gasteiger partial charge in [0.1, 0.15) is 17.5 Å². The number of fused-ring (bicyclic) bond motifs is 1. The lowest BCUT2D eigenvalue weighted by atomic mass is 10.0. The molecule has 2 aliphatic heterocycles. The van der Waals surface area contributed by atoms with Gasteiger partial charge in [-0.15, -0.1) is 23.1 Å². The van der Waals surface area contributed by atoms with E-state index in [0.717, 1.165) is 5.56 Å². The minimum Gasteiger partial charge on any atom is -0.480 e. The molecular weight excluding hydrogens is 400 g/mol. The van der Waals surface area contributed by atoms with Gasteiger partial charge in [-0.25, -0.2) is 9.78 Å². The molecule has 3 heterocycles. The molecule has 2 aromatic rings. The average molecular weight is 416 g/mol. The molecule has 0 saturated carbocycles. The number of amides is 2. The number of carbonyl (C=O) groups is 3. The lowest BCUT2D eigenvalue weighted by Gasteiger charge is -2.43. The number of nitrogens with one attached hydrogen (secondary N) is 1. The van der Waals surface area contributed by atoms with Crippen LogP contribution in [0.15, 0.2) is 35.7 Å². The number of anilines is 1. The molecule has 3 atom stereocenters. The van der Waals surface area contributed by atoms with Crippen LogP contribution >= 0.6 is 23.1 Å². The number of carboxylic acids is 1. The van der Waals surface area contributed by atoms with Crippen molar-refractivity contribution in [1.82, 2.24) is 15.2 Å². The Morgan fingerprint density at radius 1 is 1.32 bits per heavy atom. The molecule has 144 valence electrons. The van der Waals surface area contributed by atoms with Crippen LogP contribution in [0.1, 0.15) is 11.3 Å². The van der Waals surface area contributed by atoms with Crippen molar-refractivity contribution in [2.45, 2.75) is 17.5 Å². The average Bonchev–Trinajstić information content (AvgIpc) is 3.29. The van der Waals surface area contributed by atoms with Gasteiger partial charge in [0.2, 0.25) is 5.91 Å². The van der Waals surface area contributed by atoms with Gasteiger partial charge in [-0.05, 0) is 11.6 Å². The first kappa shape index (κ1) is 18.5. The summed E-state index contributed by atoms with van der Waals surface area (Å²) in [7, 11) is 0. The Hall–Kier alpha value is -2.85. The molecule has 0 bridgehead atoms. The Labute approximate surface area is 168 Å². The molecule has 2 saturated heterocycles. The van der Waals surface area contributed by atoms with Crippen LogP contribution < -0.4 is 11.1 Å². The van der Waals surface area contributed by atoms with E-state index in [1.165, 1.54) is 28.0 Å². The van der Waals surface area contributed by atoms with Crippen LogP contribution in [0.25, 0.3) is 11.6 Å². The zero-order valence-electron chi connectivity index (χ0n) is 14.4. The van der Waals surface area contributed by atoms with Gasteiger partial charge in [0, 0.05) is 11.1 Å². The van der Waals surface area contributed by atoms with Crippen LogP contribution in [0.2, 0.25) is 0 Å². The maximum Gasteiger partial charge on any atom is 0.327 e. The summed E-state index contributed by atoms with van der Waals surface area (Å²) in [5.74, 6) is -1.55. The maximum atomic E-state index is 13.0. The number of benzene rings is 1. The van der Waals surface area contributed by atoms with Crippen LogP contribution in [-0.2, 0) is 14.4 Å². The number of β-lactam (4-membered cyclic amide) rings is 1. The van der Waals surface area contributed by atoms with Gasteiger partial charge in [0.15, 0.2) is 5.13 Å². The Morgan fingerprint density at radius 2 is 2.07 bits per heavy atom. The molecule has 0 aliphatic carbocycles. The van der Waals surface area contributed by atoms with Crippen LogP contribution in [-0.4, -0.2) is 56.0 Å². The van der Waals surface area contributed by atoms with E-state index in [2.05, 4.69) is 10.3 Å². The third kappa shape index (κ3) is 3.25. The first-order valence-electron chi connectivity index (χ1n) is 8.41. The SMILES string of the molecule is Nc1nc(/C(=C/c2ccccc2)C(=O)NC2C(=O)N3C(C(=O)O)CS[C@H]23)cs1. The van der Waals surface area contributed by atoms with E-state index < -0.39 is 24.0 Å². The fraction of sp³-hybridized carbons (Fsp3) is 0.222. The van der Waals surface area contributed by atoms with E-state index in [-0.39, 0.29) is 11.3 Å². The third-order valence-electron chi connectivity index (χ3n) is 4.57. The van der Waals surface area contributed by atoms with Crippen LogP contribution in [0, 0.1) is 0 Å². The molecule has 4 rings (SSSR count). The van der Waals surface area contributed by atoms with Gasteiger partial charge < -0.3 is 21.1 Å². The Morgan fingerprint density at radius 3 is 2.71 bits per heavy atom. The normalized spacial score (nSPS) is 23.9. The van der Waals surface area contributed by atoms with Gasteiger partial charge in [-0.2, -0.15) is 0 Å². The number of thioether (sulfide) groups is 1. The molecular formula is C18H16N4O4S2. The number of nitrogens with zero attached hydrogens (tertiary/aromatic N) is 2. The molecule has 8 nitrogen and oxygen atoms in total. The molecule has 2 unspecified atom stereocenters. The van der Waals surface area contributed by atoms with Crippen molar-refractivity contribution in [3.8, 4) is 0 Å². The van der Waals surface area contributed by atoms with Gasteiger partial charge in [-0.1, -0.05) is 30.3 Å². The summed E-state index contributed by atoms with van der Waals surface area (Å²) in [6.45, 7) is 0. The number of aromatic nitrogens is 1. The minimum absolute atomic E-state index is 0.295. The van der Waals surface area contributed by atoms with Crippen molar-refractivity contribution in [1.29, 1.82) is 0 Å².